The summed E-state index contributed by atoms with van der Waals surface area (Å²) in [5, 5.41) is 28.4. The first-order valence-corrected chi connectivity index (χ1v) is 6.73. The maximum absolute atomic E-state index is 10.7. The van der Waals surface area contributed by atoms with Crippen molar-refractivity contribution in [2.24, 2.45) is 0 Å². The molecular weight excluding hydrogens is 268 g/mol. The number of carboxylic acids is 1. The lowest BCUT2D eigenvalue weighted by molar-refractivity contribution is -0.109. The van der Waals surface area contributed by atoms with E-state index in [1.807, 2.05) is 0 Å². The predicted molar refractivity (Wildman–Crippen MR) is 72.1 cm³/mol. The highest BCUT2D eigenvalue weighted by molar-refractivity contribution is 8.13. The minimum atomic E-state index is -1.09. The highest BCUT2D eigenvalue weighted by Gasteiger charge is 2.18. The molecule has 2 atom stereocenters. The van der Waals surface area contributed by atoms with Gasteiger partial charge in [-0.15, -0.1) is 0 Å². The Morgan fingerprint density at radius 2 is 1.79 bits per heavy atom. The van der Waals surface area contributed by atoms with Gasteiger partial charge >= 0.3 is 5.97 Å². The van der Waals surface area contributed by atoms with Gasteiger partial charge in [0.1, 0.15) is 6.10 Å². The molecule has 0 fully saturated rings. The van der Waals surface area contributed by atoms with E-state index in [4.69, 9.17) is 5.11 Å². The van der Waals surface area contributed by atoms with Gasteiger partial charge in [-0.05, 0) is 24.1 Å². The van der Waals surface area contributed by atoms with Gasteiger partial charge in [-0.2, -0.15) is 0 Å². The molecule has 0 amide bonds. The molecule has 0 aliphatic carbocycles. The first-order valence-electron chi connectivity index (χ1n) is 5.74. The van der Waals surface area contributed by atoms with Crippen molar-refractivity contribution < 1.29 is 24.9 Å². The Kier molecular flexibility index (Phi) is 6.01. The van der Waals surface area contributed by atoms with Crippen LogP contribution in [0.2, 0.25) is 0 Å². The molecule has 1 aromatic rings. The van der Waals surface area contributed by atoms with Crippen molar-refractivity contribution in [3.05, 3.63) is 35.4 Å². The second-order valence-corrected chi connectivity index (χ2v) is 5.34. The maximum atomic E-state index is 10.7. The molecule has 3 N–H and O–H groups in total. The smallest absolute Gasteiger partial charge is 0.335 e. The number of carboxylic acid groups (broad SMARTS) is 1. The molecule has 6 heteroatoms. The van der Waals surface area contributed by atoms with Gasteiger partial charge in [0, 0.05) is 12.7 Å². The standard InChI is InChI=1S/C13H16O5S/c1-8(14)19-7-6-11(15)12(16)9-2-4-10(5-3-9)13(17)18/h2-5,11-12,15-16H,6-7H2,1H3,(H,17,18). The molecule has 0 heterocycles. The number of aliphatic hydroxyl groups is 2. The Morgan fingerprint density at radius 1 is 1.21 bits per heavy atom. The van der Waals surface area contributed by atoms with Crippen LogP contribution < -0.4 is 0 Å². The average molecular weight is 284 g/mol. The molecule has 0 saturated heterocycles. The number of carbonyl (C=O) groups excluding carboxylic acids is 1. The van der Waals surface area contributed by atoms with Crippen LogP contribution >= 0.6 is 11.8 Å². The zero-order chi connectivity index (χ0) is 14.4. The molecule has 1 aromatic carbocycles. The van der Waals surface area contributed by atoms with E-state index < -0.39 is 18.2 Å². The summed E-state index contributed by atoms with van der Waals surface area (Å²) < 4.78 is 0. The molecule has 104 valence electrons. The van der Waals surface area contributed by atoms with Crippen molar-refractivity contribution in [3.8, 4) is 0 Å². The molecule has 0 bridgehead atoms. The number of benzene rings is 1. The van der Waals surface area contributed by atoms with Gasteiger partial charge in [-0.3, -0.25) is 4.79 Å². The molecule has 0 saturated carbocycles. The van der Waals surface area contributed by atoms with Gasteiger partial charge < -0.3 is 15.3 Å². The van der Waals surface area contributed by atoms with Crippen LogP contribution in [0.5, 0.6) is 0 Å². The zero-order valence-corrected chi connectivity index (χ0v) is 11.3. The van der Waals surface area contributed by atoms with Crippen LogP contribution in [0.4, 0.5) is 0 Å². The summed E-state index contributed by atoms with van der Waals surface area (Å²) in [4.78, 5) is 21.4. The molecule has 0 aliphatic rings. The van der Waals surface area contributed by atoms with E-state index in [9.17, 15) is 19.8 Å². The highest BCUT2D eigenvalue weighted by Crippen LogP contribution is 2.21. The fraction of sp³-hybridized carbons (Fsp3) is 0.385. The molecule has 1 rings (SSSR count). The predicted octanol–water partition coefficient (Wildman–Crippen LogP) is 1.45. The third-order valence-corrected chi connectivity index (χ3v) is 3.43. The Morgan fingerprint density at radius 3 is 2.26 bits per heavy atom. The summed E-state index contributed by atoms with van der Waals surface area (Å²) in [5.74, 6) is -0.611. The Balaban J connectivity index is 2.58. The van der Waals surface area contributed by atoms with Gasteiger partial charge in [0.15, 0.2) is 5.12 Å². The van der Waals surface area contributed by atoms with E-state index in [1.165, 1.54) is 31.2 Å². The maximum Gasteiger partial charge on any atom is 0.335 e. The van der Waals surface area contributed by atoms with Crippen molar-refractivity contribution in [1.29, 1.82) is 0 Å². The fourth-order valence-electron chi connectivity index (χ4n) is 1.53. The van der Waals surface area contributed by atoms with E-state index in [0.717, 1.165) is 11.8 Å². The van der Waals surface area contributed by atoms with Crippen molar-refractivity contribution in [1.82, 2.24) is 0 Å². The zero-order valence-electron chi connectivity index (χ0n) is 10.4. The molecule has 0 spiro atoms. The Hall–Kier alpha value is -1.37. The molecular formula is C13H16O5S. The van der Waals surface area contributed by atoms with Crippen molar-refractivity contribution in [2.45, 2.75) is 25.6 Å². The molecule has 0 aliphatic heterocycles. The number of rotatable bonds is 6. The first kappa shape index (κ1) is 15.7. The lowest BCUT2D eigenvalue weighted by Crippen LogP contribution is -2.19. The molecule has 0 radical (unpaired) electrons. The SMILES string of the molecule is CC(=O)SCCC(O)C(O)c1ccc(C(=O)O)cc1. The van der Waals surface area contributed by atoms with E-state index in [0.29, 0.717) is 11.3 Å². The third kappa shape index (κ3) is 5.02. The normalized spacial score (nSPS) is 13.8. The summed E-state index contributed by atoms with van der Waals surface area (Å²) >= 11 is 1.09. The molecule has 5 nitrogen and oxygen atoms in total. The number of aromatic carboxylic acids is 1. The van der Waals surface area contributed by atoms with Gasteiger partial charge in [-0.1, -0.05) is 23.9 Å². The van der Waals surface area contributed by atoms with Crippen molar-refractivity contribution >= 4 is 22.8 Å². The quantitative estimate of drug-likeness (QED) is 0.732. The summed E-state index contributed by atoms with van der Waals surface area (Å²) in [6, 6.07) is 5.68. The second-order valence-electron chi connectivity index (χ2n) is 4.07. The van der Waals surface area contributed by atoms with Crippen LogP contribution in [-0.4, -0.2) is 38.3 Å². The number of hydrogen-bond donors (Lipinski definition) is 3. The average Bonchev–Trinajstić information content (AvgIpc) is 2.37. The second kappa shape index (κ2) is 7.28. The minimum absolute atomic E-state index is 0.0347. The van der Waals surface area contributed by atoms with Crippen LogP contribution in [0.3, 0.4) is 0 Å². The monoisotopic (exact) mass is 284 g/mol. The van der Waals surface area contributed by atoms with Gasteiger partial charge in [0.2, 0.25) is 0 Å². The lowest BCUT2D eigenvalue weighted by atomic mass is 10.0. The van der Waals surface area contributed by atoms with Crippen LogP contribution in [-0.2, 0) is 4.79 Å². The largest absolute Gasteiger partial charge is 0.478 e. The Labute approximate surface area is 115 Å². The number of aliphatic hydroxyl groups excluding tert-OH is 2. The number of thioether (sulfide) groups is 1. The van der Waals surface area contributed by atoms with Gasteiger partial charge in [0.25, 0.3) is 0 Å². The molecule has 19 heavy (non-hydrogen) atoms. The molecule has 0 aromatic heterocycles. The van der Waals surface area contributed by atoms with Crippen LogP contribution in [0, 0.1) is 0 Å². The van der Waals surface area contributed by atoms with E-state index in [-0.39, 0.29) is 17.1 Å². The van der Waals surface area contributed by atoms with Crippen molar-refractivity contribution in [2.75, 3.05) is 5.75 Å². The van der Waals surface area contributed by atoms with Crippen LogP contribution in [0.15, 0.2) is 24.3 Å². The summed E-state index contributed by atoms with van der Waals surface area (Å²) in [6.07, 6.45) is -1.79. The van der Waals surface area contributed by atoms with Crippen molar-refractivity contribution in [3.63, 3.8) is 0 Å². The fourth-order valence-corrected chi connectivity index (χ4v) is 2.17. The third-order valence-electron chi connectivity index (χ3n) is 2.58. The topological polar surface area (TPSA) is 94.8 Å². The lowest BCUT2D eigenvalue weighted by Gasteiger charge is -2.17. The Bertz CT molecular complexity index is 443. The summed E-state index contributed by atoms with van der Waals surface area (Å²) in [7, 11) is 0. The molecule has 2 unspecified atom stereocenters. The first-order chi connectivity index (χ1) is 8.91. The van der Waals surface area contributed by atoms with E-state index >= 15 is 0 Å². The van der Waals surface area contributed by atoms with E-state index in [1.54, 1.807) is 0 Å². The van der Waals surface area contributed by atoms with Crippen LogP contribution in [0.1, 0.15) is 35.4 Å². The number of carbonyl (C=O) groups is 2. The summed E-state index contributed by atoms with van der Waals surface area (Å²) in [6.45, 7) is 1.44. The number of hydrogen-bond acceptors (Lipinski definition) is 5. The van der Waals surface area contributed by atoms with Gasteiger partial charge in [-0.25, -0.2) is 4.79 Å². The highest BCUT2D eigenvalue weighted by atomic mass is 32.2. The van der Waals surface area contributed by atoms with E-state index in [2.05, 4.69) is 0 Å². The minimum Gasteiger partial charge on any atom is -0.478 e. The van der Waals surface area contributed by atoms with Crippen LogP contribution in [0.25, 0.3) is 0 Å². The summed E-state index contributed by atoms with van der Waals surface area (Å²) in [5.41, 5.74) is 0.572. The van der Waals surface area contributed by atoms with Gasteiger partial charge in [0.05, 0.1) is 11.7 Å².